The van der Waals surface area contributed by atoms with Crippen molar-refractivity contribution >= 4 is 40.8 Å². The fourth-order valence-electron chi connectivity index (χ4n) is 3.49. The molecule has 0 saturated heterocycles. The van der Waals surface area contributed by atoms with E-state index in [1.54, 1.807) is 36.1 Å². The Bertz CT molecular complexity index is 847. The van der Waals surface area contributed by atoms with Crippen LogP contribution in [0.15, 0.2) is 28.8 Å². The highest BCUT2D eigenvalue weighted by molar-refractivity contribution is 6.42. The van der Waals surface area contributed by atoms with Crippen LogP contribution in [-0.4, -0.2) is 35.0 Å². The number of anilines is 1. The van der Waals surface area contributed by atoms with Gasteiger partial charge < -0.3 is 14.7 Å². The largest absolute Gasteiger partial charge is 0.360 e. The van der Waals surface area contributed by atoms with E-state index in [0.29, 0.717) is 39.6 Å². The van der Waals surface area contributed by atoms with Gasteiger partial charge in [-0.1, -0.05) is 47.6 Å². The zero-order valence-electron chi connectivity index (χ0n) is 15.7. The van der Waals surface area contributed by atoms with Gasteiger partial charge in [0.1, 0.15) is 12.3 Å². The van der Waals surface area contributed by atoms with Crippen molar-refractivity contribution in [1.82, 2.24) is 10.1 Å². The summed E-state index contributed by atoms with van der Waals surface area (Å²) in [6.45, 7) is 2.21. The summed E-state index contributed by atoms with van der Waals surface area (Å²) in [5.41, 5.74) is 0.412. The van der Waals surface area contributed by atoms with E-state index >= 15 is 0 Å². The lowest BCUT2D eigenvalue weighted by Gasteiger charge is -2.29. The quantitative estimate of drug-likeness (QED) is 0.712. The highest BCUT2D eigenvalue weighted by Crippen LogP contribution is 2.26. The second-order valence-electron chi connectivity index (χ2n) is 7.19. The van der Waals surface area contributed by atoms with Crippen LogP contribution in [0.3, 0.4) is 0 Å². The molecule has 0 atom stereocenters. The number of nitrogens with one attached hydrogen (secondary N) is 1. The van der Waals surface area contributed by atoms with Crippen molar-refractivity contribution < 1.29 is 14.1 Å². The number of hydrogen-bond acceptors (Lipinski definition) is 4. The molecule has 1 fully saturated rings. The lowest BCUT2D eigenvalue weighted by atomic mass is 9.89. The van der Waals surface area contributed by atoms with Crippen LogP contribution in [0.2, 0.25) is 10.0 Å². The van der Waals surface area contributed by atoms with Gasteiger partial charge in [-0.05, 0) is 43.9 Å². The highest BCUT2D eigenvalue weighted by Gasteiger charge is 2.24. The average Bonchev–Trinajstić information content (AvgIpc) is 3.08. The van der Waals surface area contributed by atoms with Gasteiger partial charge in [-0.2, -0.15) is 0 Å². The van der Waals surface area contributed by atoms with E-state index in [0.717, 1.165) is 25.7 Å². The van der Waals surface area contributed by atoms with E-state index in [9.17, 15) is 9.59 Å². The smallest absolute Gasteiger partial charge is 0.254 e. The third-order valence-corrected chi connectivity index (χ3v) is 5.63. The van der Waals surface area contributed by atoms with Crippen molar-refractivity contribution in [2.75, 3.05) is 18.4 Å². The average molecular weight is 424 g/mol. The number of carbonyl (C=O) groups is 2. The number of halogens is 2. The molecule has 0 radical (unpaired) electrons. The zero-order chi connectivity index (χ0) is 20.1. The molecule has 2 amide bonds. The monoisotopic (exact) mass is 423 g/mol. The maximum absolute atomic E-state index is 13.1. The minimum Gasteiger partial charge on any atom is -0.360 e. The molecule has 1 aromatic carbocycles. The summed E-state index contributed by atoms with van der Waals surface area (Å²) in [6, 6.07) is 6.39. The molecule has 1 saturated carbocycles. The second-order valence-corrected chi connectivity index (χ2v) is 8.00. The van der Waals surface area contributed by atoms with Crippen molar-refractivity contribution in [2.45, 2.75) is 39.0 Å². The Morgan fingerprint density at radius 3 is 2.57 bits per heavy atom. The first-order valence-corrected chi connectivity index (χ1v) is 10.2. The lowest BCUT2D eigenvalue weighted by molar-refractivity contribution is -0.117. The molecule has 1 heterocycles. The van der Waals surface area contributed by atoms with Gasteiger partial charge in [0.2, 0.25) is 5.91 Å². The number of benzene rings is 1. The number of nitrogens with zero attached hydrogens (tertiary/aromatic N) is 2. The van der Waals surface area contributed by atoms with Crippen LogP contribution in [0.1, 0.15) is 48.2 Å². The van der Waals surface area contributed by atoms with Gasteiger partial charge in [0.15, 0.2) is 5.82 Å². The van der Waals surface area contributed by atoms with E-state index in [2.05, 4.69) is 10.5 Å². The van der Waals surface area contributed by atoms with Gasteiger partial charge in [0, 0.05) is 18.2 Å². The van der Waals surface area contributed by atoms with Gasteiger partial charge in [-0.15, -0.1) is 0 Å². The first kappa shape index (κ1) is 20.7. The van der Waals surface area contributed by atoms with Crippen LogP contribution in [-0.2, 0) is 4.79 Å². The first-order valence-electron chi connectivity index (χ1n) is 9.40. The fourth-order valence-corrected chi connectivity index (χ4v) is 3.79. The molecule has 1 N–H and O–H groups in total. The summed E-state index contributed by atoms with van der Waals surface area (Å²) < 4.78 is 4.96. The molecule has 0 aliphatic heterocycles. The molecule has 3 rings (SSSR count). The van der Waals surface area contributed by atoms with E-state index in [-0.39, 0.29) is 18.4 Å². The summed E-state index contributed by atoms with van der Waals surface area (Å²) in [5.74, 6) is 0.763. The van der Waals surface area contributed by atoms with E-state index < -0.39 is 0 Å². The molecule has 1 aromatic heterocycles. The minimum atomic E-state index is -0.322. The van der Waals surface area contributed by atoms with Crippen molar-refractivity contribution in [2.24, 2.45) is 5.92 Å². The number of amides is 2. The van der Waals surface area contributed by atoms with Crippen molar-refractivity contribution in [3.8, 4) is 0 Å². The van der Waals surface area contributed by atoms with Crippen molar-refractivity contribution in [3.05, 3.63) is 45.6 Å². The van der Waals surface area contributed by atoms with Crippen molar-refractivity contribution in [3.63, 3.8) is 0 Å². The predicted molar refractivity (Wildman–Crippen MR) is 109 cm³/mol. The normalized spacial score (nSPS) is 14.7. The molecular formula is C20H23Cl2N3O3. The third-order valence-electron chi connectivity index (χ3n) is 4.89. The molecule has 6 nitrogen and oxygen atoms in total. The van der Waals surface area contributed by atoms with Crippen molar-refractivity contribution in [1.29, 1.82) is 0 Å². The van der Waals surface area contributed by atoms with Crippen LogP contribution < -0.4 is 5.32 Å². The minimum absolute atomic E-state index is 0.0680. The molecule has 0 bridgehead atoms. The second kappa shape index (κ2) is 9.43. The summed E-state index contributed by atoms with van der Waals surface area (Å²) in [6.07, 6.45) is 5.67. The Hall–Kier alpha value is -2.05. The van der Waals surface area contributed by atoms with Crippen LogP contribution in [0.5, 0.6) is 0 Å². The van der Waals surface area contributed by atoms with Gasteiger partial charge in [0.05, 0.1) is 10.0 Å². The maximum atomic E-state index is 13.1. The van der Waals surface area contributed by atoms with Gasteiger partial charge >= 0.3 is 0 Å². The topological polar surface area (TPSA) is 75.4 Å². The Labute approximate surface area is 174 Å². The number of aryl methyl sites for hydroxylation is 1. The SMILES string of the molecule is Cc1cc(NC(=O)CN(CC2CCCCC2)C(=O)c2ccc(Cl)c(Cl)c2)no1. The van der Waals surface area contributed by atoms with Gasteiger partial charge in [0.25, 0.3) is 5.91 Å². The van der Waals surface area contributed by atoms with Gasteiger partial charge in [-0.3, -0.25) is 9.59 Å². The molecular weight excluding hydrogens is 401 g/mol. The summed E-state index contributed by atoms with van der Waals surface area (Å²) in [4.78, 5) is 27.2. The molecule has 28 heavy (non-hydrogen) atoms. The maximum Gasteiger partial charge on any atom is 0.254 e. The van der Waals surface area contributed by atoms with E-state index in [1.165, 1.54) is 6.42 Å². The predicted octanol–water partition coefficient (Wildman–Crippen LogP) is 4.95. The summed E-state index contributed by atoms with van der Waals surface area (Å²) in [5, 5.41) is 7.13. The van der Waals surface area contributed by atoms with Crippen LogP contribution in [0.25, 0.3) is 0 Å². The summed E-state index contributed by atoms with van der Waals surface area (Å²) in [7, 11) is 0. The lowest BCUT2D eigenvalue weighted by Crippen LogP contribution is -2.41. The molecule has 0 unspecified atom stereocenters. The van der Waals surface area contributed by atoms with Gasteiger partial charge in [-0.25, -0.2) is 0 Å². The zero-order valence-corrected chi connectivity index (χ0v) is 17.2. The molecule has 1 aliphatic rings. The fraction of sp³-hybridized carbons (Fsp3) is 0.450. The van der Waals surface area contributed by atoms with Crippen LogP contribution in [0, 0.1) is 12.8 Å². The summed E-state index contributed by atoms with van der Waals surface area (Å²) >= 11 is 12.0. The van der Waals surface area contributed by atoms with E-state index in [4.69, 9.17) is 27.7 Å². The number of carbonyl (C=O) groups excluding carboxylic acids is 2. The molecule has 0 spiro atoms. The number of rotatable bonds is 6. The van der Waals surface area contributed by atoms with Crippen LogP contribution in [0.4, 0.5) is 5.82 Å². The number of hydrogen-bond donors (Lipinski definition) is 1. The van der Waals surface area contributed by atoms with E-state index in [1.807, 2.05) is 0 Å². The third kappa shape index (κ3) is 5.49. The Balaban J connectivity index is 1.74. The standard InChI is InChI=1S/C20H23Cl2N3O3/c1-13-9-18(24-28-13)23-19(26)12-25(11-14-5-3-2-4-6-14)20(27)15-7-8-16(21)17(22)10-15/h7-10,14H,2-6,11-12H2,1H3,(H,23,24,26). The first-order chi connectivity index (χ1) is 13.4. The molecule has 1 aliphatic carbocycles. The Morgan fingerprint density at radius 2 is 1.93 bits per heavy atom. The van der Waals surface area contributed by atoms with Crippen LogP contribution >= 0.6 is 23.2 Å². The Kier molecular flexibility index (Phi) is 6.97. The molecule has 150 valence electrons. The molecule has 8 heteroatoms. The molecule has 2 aromatic rings. The highest BCUT2D eigenvalue weighted by atomic mass is 35.5. The number of aromatic nitrogens is 1. The Morgan fingerprint density at radius 1 is 1.18 bits per heavy atom.